The fourth-order valence-corrected chi connectivity index (χ4v) is 0.944. The number of phenolic OH excluding ortho intramolecular Hbond substituents is 1. The zero-order valence-electron chi connectivity index (χ0n) is 7.96. The second-order valence-electron chi connectivity index (χ2n) is 2.99. The van der Waals surface area contributed by atoms with Crippen LogP contribution in [0.4, 0.5) is 0 Å². The topological polar surface area (TPSA) is 87.0 Å². The smallest absolute Gasteiger partial charge is 0.311 e. The summed E-state index contributed by atoms with van der Waals surface area (Å²) in [4.78, 5) is 11.1. The van der Waals surface area contributed by atoms with E-state index in [1.165, 1.54) is 24.3 Å². The van der Waals surface area contributed by atoms with E-state index in [1.807, 2.05) is 0 Å². The number of carbonyl (C=O) groups excluding carboxylic acids is 1. The highest BCUT2D eigenvalue weighted by atomic mass is 16.5. The Morgan fingerprint density at radius 1 is 1.27 bits per heavy atom. The van der Waals surface area contributed by atoms with Gasteiger partial charge in [0.2, 0.25) is 0 Å². The molecule has 15 heavy (non-hydrogen) atoms. The van der Waals surface area contributed by atoms with E-state index in [1.54, 1.807) is 0 Å². The maximum atomic E-state index is 11.1. The molecule has 5 nitrogen and oxygen atoms in total. The molecule has 0 aliphatic carbocycles. The molecule has 0 bridgehead atoms. The third-order valence-corrected chi connectivity index (χ3v) is 1.68. The van der Waals surface area contributed by atoms with Crippen LogP contribution in [0.2, 0.25) is 0 Å². The average Bonchev–Trinajstić information content (AvgIpc) is 2.19. The van der Waals surface area contributed by atoms with E-state index in [2.05, 4.69) is 0 Å². The number of aromatic hydroxyl groups is 1. The van der Waals surface area contributed by atoms with Crippen molar-refractivity contribution in [3.05, 3.63) is 24.3 Å². The number of hydrogen-bond acceptors (Lipinski definition) is 5. The number of benzene rings is 1. The van der Waals surface area contributed by atoms with Gasteiger partial charge in [0.1, 0.15) is 11.5 Å². The van der Waals surface area contributed by atoms with Gasteiger partial charge >= 0.3 is 5.97 Å². The molecule has 0 aromatic heterocycles. The number of aliphatic hydroxyl groups excluding tert-OH is 1. The maximum Gasteiger partial charge on any atom is 0.311 e. The number of aliphatic hydroxyl groups is 2. The van der Waals surface area contributed by atoms with Crippen LogP contribution < -0.4 is 4.74 Å². The van der Waals surface area contributed by atoms with Crippen LogP contribution in [0.3, 0.4) is 0 Å². The first-order valence-electron chi connectivity index (χ1n) is 4.44. The first kappa shape index (κ1) is 11.5. The predicted molar refractivity (Wildman–Crippen MR) is 51.2 cm³/mol. The highest BCUT2D eigenvalue weighted by molar-refractivity contribution is 5.72. The Kier molecular flexibility index (Phi) is 4.08. The van der Waals surface area contributed by atoms with Crippen LogP contribution in [0.1, 0.15) is 12.8 Å². The molecular weight excluding hydrogens is 200 g/mol. The maximum absolute atomic E-state index is 11.1. The molecule has 0 unspecified atom stereocenters. The minimum absolute atomic E-state index is 0.0586. The Morgan fingerprint density at radius 3 is 2.40 bits per heavy atom. The summed E-state index contributed by atoms with van der Waals surface area (Å²) in [6, 6.07) is 5.68. The SMILES string of the molecule is O=C(CCC(O)O)Oc1ccc(O)cc1. The van der Waals surface area contributed by atoms with Gasteiger partial charge in [0, 0.05) is 6.42 Å². The van der Waals surface area contributed by atoms with Gasteiger partial charge in [-0.3, -0.25) is 4.79 Å². The zero-order chi connectivity index (χ0) is 11.3. The summed E-state index contributed by atoms with van der Waals surface area (Å²) in [5, 5.41) is 26.0. The monoisotopic (exact) mass is 212 g/mol. The molecule has 1 aromatic rings. The van der Waals surface area contributed by atoms with Crippen molar-refractivity contribution in [1.82, 2.24) is 0 Å². The summed E-state index contributed by atoms with van der Waals surface area (Å²) < 4.78 is 4.85. The first-order chi connectivity index (χ1) is 7.08. The first-order valence-corrected chi connectivity index (χ1v) is 4.44. The van der Waals surface area contributed by atoms with Crippen molar-refractivity contribution in [3.63, 3.8) is 0 Å². The summed E-state index contributed by atoms with van der Waals surface area (Å²) >= 11 is 0. The Balaban J connectivity index is 2.41. The zero-order valence-corrected chi connectivity index (χ0v) is 7.96. The highest BCUT2D eigenvalue weighted by Gasteiger charge is 2.07. The molecule has 3 N–H and O–H groups in total. The van der Waals surface area contributed by atoms with Crippen LogP contribution in [0.5, 0.6) is 11.5 Å². The summed E-state index contributed by atoms with van der Waals surface area (Å²) in [7, 11) is 0. The lowest BCUT2D eigenvalue weighted by atomic mass is 10.3. The molecule has 0 fully saturated rings. The van der Waals surface area contributed by atoms with Crippen molar-refractivity contribution in [2.24, 2.45) is 0 Å². The van der Waals surface area contributed by atoms with Crippen LogP contribution >= 0.6 is 0 Å². The third-order valence-electron chi connectivity index (χ3n) is 1.68. The van der Waals surface area contributed by atoms with E-state index < -0.39 is 12.3 Å². The standard InChI is InChI=1S/C10H12O5/c11-7-1-3-8(4-2-7)15-10(14)6-5-9(12)13/h1-4,9,11-13H,5-6H2. The van der Waals surface area contributed by atoms with Gasteiger partial charge in [0.25, 0.3) is 0 Å². The largest absolute Gasteiger partial charge is 0.508 e. The number of esters is 1. The molecule has 0 saturated heterocycles. The Labute approximate surface area is 86.5 Å². The molecule has 0 aliphatic heterocycles. The summed E-state index contributed by atoms with van der Waals surface area (Å²) in [6.07, 6.45) is -1.63. The van der Waals surface area contributed by atoms with Gasteiger partial charge < -0.3 is 20.1 Å². The molecule has 5 heteroatoms. The van der Waals surface area contributed by atoms with Gasteiger partial charge in [-0.25, -0.2) is 0 Å². The quantitative estimate of drug-likeness (QED) is 0.382. The van der Waals surface area contributed by atoms with Crippen molar-refractivity contribution in [1.29, 1.82) is 0 Å². The second kappa shape index (κ2) is 5.33. The lowest BCUT2D eigenvalue weighted by molar-refractivity contribution is -0.136. The van der Waals surface area contributed by atoms with E-state index in [-0.39, 0.29) is 18.6 Å². The number of rotatable bonds is 4. The van der Waals surface area contributed by atoms with Gasteiger partial charge in [-0.05, 0) is 24.3 Å². The number of carbonyl (C=O) groups is 1. The fourth-order valence-electron chi connectivity index (χ4n) is 0.944. The van der Waals surface area contributed by atoms with Gasteiger partial charge in [-0.15, -0.1) is 0 Å². The van der Waals surface area contributed by atoms with Crippen molar-refractivity contribution in [2.45, 2.75) is 19.1 Å². The highest BCUT2D eigenvalue weighted by Crippen LogP contribution is 2.16. The van der Waals surface area contributed by atoms with Crippen molar-refractivity contribution >= 4 is 5.97 Å². The molecule has 0 saturated carbocycles. The average molecular weight is 212 g/mol. The van der Waals surface area contributed by atoms with E-state index in [9.17, 15) is 4.79 Å². The fraction of sp³-hybridized carbons (Fsp3) is 0.300. The summed E-state index contributed by atoms with van der Waals surface area (Å²) in [6.45, 7) is 0. The molecule has 0 aliphatic rings. The predicted octanol–water partition coefficient (Wildman–Crippen LogP) is 0.389. The molecule has 0 spiro atoms. The molecule has 1 rings (SSSR count). The van der Waals surface area contributed by atoms with Gasteiger partial charge in [0.05, 0.1) is 6.42 Å². The van der Waals surface area contributed by atoms with Gasteiger partial charge in [-0.1, -0.05) is 0 Å². The molecule has 0 amide bonds. The minimum Gasteiger partial charge on any atom is -0.508 e. The van der Waals surface area contributed by atoms with Crippen molar-refractivity contribution in [3.8, 4) is 11.5 Å². The normalized spacial score (nSPS) is 10.3. The minimum atomic E-state index is -1.50. The van der Waals surface area contributed by atoms with Gasteiger partial charge in [-0.2, -0.15) is 0 Å². The van der Waals surface area contributed by atoms with Crippen LogP contribution in [-0.4, -0.2) is 27.6 Å². The van der Waals surface area contributed by atoms with Crippen LogP contribution in [0.15, 0.2) is 24.3 Å². The van der Waals surface area contributed by atoms with Crippen molar-refractivity contribution < 1.29 is 24.9 Å². The summed E-state index contributed by atoms with van der Waals surface area (Å²) in [5.41, 5.74) is 0. The lowest BCUT2D eigenvalue weighted by Crippen LogP contribution is -2.12. The molecular formula is C10H12O5. The van der Waals surface area contributed by atoms with Crippen LogP contribution in [-0.2, 0) is 4.79 Å². The number of phenols is 1. The van der Waals surface area contributed by atoms with Crippen LogP contribution in [0, 0.1) is 0 Å². The van der Waals surface area contributed by atoms with E-state index in [0.717, 1.165) is 0 Å². The molecule has 0 radical (unpaired) electrons. The second-order valence-corrected chi connectivity index (χ2v) is 2.99. The lowest BCUT2D eigenvalue weighted by Gasteiger charge is -2.05. The Morgan fingerprint density at radius 2 is 1.87 bits per heavy atom. The Hall–Kier alpha value is -1.59. The van der Waals surface area contributed by atoms with Crippen molar-refractivity contribution in [2.75, 3.05) is 0 Å². The molecule has 82 valence electrons. The molecule has 1 aromatic carbocycles. The Bertz CT molecular complexity index is 317. The summed E-state index contributed by atoms with van der Waals surface area (Å²) in [5.74, 6) is -0.153. The van der Waals surface area contributed by atoms with E-state index in [4.69, 9.17) is 20.1 Å². The third kappa shape index (κ3) is 4.44. The number of ether oxygens (including phenoxy) is 1. The van der Waals surface area contributed by atoms with E-state index in [0.29, 0.717) is 5.75 Å². The van der Waals surface area contributed by atoms with E-state index >= 15 is 0 Å². The molecule has 0 heterocycles. The van der Waals surface area contributed by atoms with Crippen LogP contribution in [0.25, 0.3) is 0 Å². The van der Waals surface area contributed by atoms with Gasteiger partial charge in [0.15, 0.2) is 6.29 Å². The number of hydrogen-bond donors (Lipinski definition) is 3. The molecule has 0 atom stereocenters.